The summed E-state index contributed by atoms with van der Waals surface area (Å²) in [7, 11) is 0. The van der Waals surface area contributed by atoms with Crippen LogP contribution in [0.2, 0.25) is 0 Å². The summed E-state index contributed by atoms with van der Waals surface area (Å²) in [5.74, 6) is 0. The van der Waals surface area contributed by atoms with Crippen LogP contribution in [0.4, 0.5) is 0 Å². The molecule has 0 aromatic rings. The molecule has 0 aromatic heterocycles. The van der Waals surface area contributed by atoms with E-state index in [4.69, 9.17) is 35.0 Å². The molecule has 0 saturated heterocycles. The van der Waals surface area contributed by atoms with Gasteiger partial charge in [-0.1, -0.05) is 11.6 Å². The van der Waals surface area contributed by atoms with Crippen molar-refractivity contribution in [3.05, 3.63) is 0 Å². The molecule has 0 bridgehead atoms. The van der Waals surface area contributed by atoms with Crippen molar-refractivity contribution in [2.75, 3.05) is 6.54 Å². The molecule has 46 valence electrons. The normalized spacial score (nSPS) is 28.6. The highest BCUT2D eigenvalue weighted by Crippen LogP contribution is 2.15. The summed E-state index contributed by atoms with van der Waals surface area (Å²) in [5, 5.41) is 0.270. The number of aliphatic imine (C=N–C) groups is 1. The monoisotopic (exact) mass is 172 g/mol. The van der Waals surface area contributed by atoms with E-state index in [2.05, 4.69) is 4.99 Å². The zero-order valence-corrected chi connectivity index (χ0v) is 6.08. The molecule has 0 N–H and O–H groups in total. The van der Waals surface area contributed by atoms with Crippen molar-refractivity contribution in [1.82, 2.24) is 4.42 Å². The smallest absolute Gasteiger partial charge is 0.210 e. The molecule has 1 rings (SSSR count). The third kappa shape index (κ3) is 1.19. The van der Waals surface area contributed by atoms with Crippen molar-refractivity contribution in [3.63, 3.8) is 0 Å². The molecule has 1 heterocycles. The lowest BCUT2D eigenvalue weighted by atomic mass is 10.7. The van der Waals surface area contributed by atoms with E-state index < -0.39 is 0 Å². The molecule has 5 heteroatoms. The summed E-state index contributed by atoms with van der Waals surface area (Å²) in [6.07, 6.45) is 0. The van der Waals surface area contributed by atoms with Crippen LogP contribution in [0.1, 0.15) is 0 Å². The van der Waals surface area contributed by atoms with Gasteiger partial charge in [0.1, 0.15) is 5.50 Å². The Morgan fingerprint density at radius 3 is 2.50 bits per heavy atom. The van der Waals surface area contributed by atoms with Gasteiger partial charge in [0.2, 0.25) is 5.29 Å². The zero-order chi connectivity index (χ0) is 6.15. The Balaban J connectivity index is 2.59. The van der Waals surface area contributed by atoms with Crippen LogP contribution in [0.3, 0.4) is 0 Å². The van der Waals surface area contributed by atoms with Crippen molar-refractivity contribution < 1.29 is 0 Å². The van der Waals surface area contributed by atoms with Crippen LogP contribution in [-0.4, -0.2) is 21.8 Å². The van der Waals surface area contributed by atoms with Gasteiger partial charge in [0.25, 0.3) is 0 Å². The molecule has 1 unspecified atom stereocenters. The maximum Gasteiger partial charge on any atom is 0.210 e. The van der Waals surface area contributed by atoms with Crippen LogP contribution in [0, 0.1) is 0 Å². The molecule has 2 nitrogen and oxygen atoms in total. The van der Waals surface area contributed by atoms with Crippen molar-refractivity contribution in [1.29, 1.82) is 0 Å². The van der Waals surface area contributed by atoms with Gasteiger partial charge in [-0.3, -0.25) is 4.42 Å². The molecular formula is C3H3Cl3N2. The predicted octanol–water partition coefficient (Wildman–Crippen LogP) is 1.62. The fourth-order valence-corrected chi connectivity index (χ4v) is 1.14. The molecule has 1 atom stereocenters. The summed E-state index contributed by atoms with van der Waals surface area (Å²) in [4.78, 5) is 3.71. The molecule has 0 amide bonds. The van der Waals surface area contributed by atoms with Gasteiger partial charge in [0.15, 0.2) is 0 Å². The van der Waals surface area contributed by atoms with Gasteiger partial charge in [-0.05, 0) is 11.6 Å². The number of halogens is 3. The summed E-state index contributed by atoms with van der Waals surface area (Å²) in [6.45, 7) is 0.488. The van der Waals surface area contributed by atoms with E-state index >= 15 is 0 Å². The first-order chi connectivity index (χ1) is 3.70. The standard InChI is InChI=1S/C3H3Cl3N2/c4-2-1-8(6)3(5)7-2/h2H,1H2. The van der Waals surface area contributed by atoms with Crippen LogP contribution < -0.4 is 0 Å². The Bertz CT molecular complexity index is 124. The highest BCUT2D eigenvalue weighted by atomic mass is 35.5. The van der Waals surface area contributed by atoms with Crippen LogP contribution in [0.15, 0.2) is 4.99 Å². The van der Waals surface area contributed by atoms with Crippen molar-refractivity contribution in [2.45, 2.75) is 5.50 Å². The average Bonchev–Trinajstić information content (AvgIpc) is 1.85. The molecular weight excluding hydrogens is 170 g/mol. The fourth-order valence-electron chi connectivity index (χ4n) is 0.427. The van der Waals surface area contributed by atoms with E-state index in [1.54, 1.807) is 0 Å². The number of nitrogens with zero attached hydrogens (tertiary/aromatic N) is 2. The third-order valence-electron chi connectivity index (χ3n) is 0.758. The Labute approximate surface area is 62.1 Å². The number of amidine groups is 1. The van der Waals surface area contributed by atoms with Crippen molar-refractivity contribution >= 4 is 40.3 Å². The number of hydrogen-bond donors (Lipinski definition) is 0. The van der Waals surface area contributed by atoms with Crippen LogP contribution >= 0.6 is 35.0 Å². The molecule has 8 heavy (non-hydrogen) atoms. The number of alkyl halides is 1. The summed E-state index contributed by atoms with van der Waals surface area (Å²) in [6, 6.07) is 0. The fraction of sp³-hybridized carbons (Fsp3) is 0.667. The number of hydrogen-bond acceptors (Lipinski definition) is 2. The highest BCUT2D eigenvalue weighted by Gasteiger charge is 2.19. The van der Waals surface area contributed by atoms with Crippen LogP contribution in [-0.2, 0) is 0 Å². The van der Waals surface area contributed by atoms with Gasteiger partial charge in [-0.15, -0.1) is 0 Å². The Hall–Kier alpha value is 0.340. The predicted molar refractivity (Wildman–Crippen MR) is 35.5 cm³/mol. The van der Waals surface area contributed by atoms with E-state index in [1.807, 2.05) is 0 Å². The Morgan fingerprint density at radius 2 is 2.38 bits per heavy atom. The van der Waals surface area contributed by atoms with Crippen LogP contribution in [0.5, 0.6) is 0 Å². The maximum absolute atomic E-state index is 5.50. The van der Waals surface area contributed by atoms with Gasteiger partial charge in [-0.2, -0.15) is 0 Å². The summed E-state index contributed by atoms with van der Waals surface area (Å²) in [5.41, 5.74) is -0.278. The zero-order valence-electron chi connectivity index (χ0n) is 3.81. The van der Waals surface area contributed by atoms with Gasteiger partial charge >= 0.3 is 0 Å². The maximum atomic E-state index is 5.50. The van der Waals surface area contributed by atoms with E-state index in [-0.39, 0.29) is 10.8 Å². The molecule has 0 aliphatic carbocycles. The van der Waals surface area contributed by atoms with E-state index in [1.165, 1.54) is 4.42 Å². The molecule has 1 aliphatic rings. The quantitative estimate of drug-likeness (QED) is 0.309. The summed E-state index contributed by atoms with van der Waals surface area (Å²) < 4.78 is 1.28. The van der Waals surface area contributed by atoms with Crippen molar-refractivity contribution in [3.8, 4) is 0 Å². The van der Waals surface area contributed by atoms with Gasteiger partial charge < -0.3 is 0 Å². The Morgan fingerprint density at radius 1 is 1.75 bits per heavy atom. The highest BCUT2D eigenvalue weighted by molar-refractivity contribution is 6.67. The minimum absolute atomic E-state index is 0.270. The molecule has 1 aliphatic heterocycles. The largest absolute Gasteiger partial charge is 0.256 e. The lowest BCUT2D eigenvalue weighted by Crippen LogP contribution is -2.12. The lowest BCUT2D eigenvalue weighted by molar-refractivity contribution is 0.700. The third-order valence-corrected chi connectivity index (χ3v) is 1.68. The lowest BCUT2D eigenvalue weighted by Gasteiger charge is -2.01. The first-order valence-corrected chi connectivity index (χ1v) is 3.16. The topological polar surface area (TPSA) is 15.6 Å². The molecule has 0 spiro atoms. The van der Waals surface area contributed by atoms with Gasteiger partial charge in [0, 0.05) is 11.8 Å². The van der Waals surface area contributed by atoms with E-state index in [0.29, 0.717) is 6.54 Å². The van der Waals surface area contributed by atoms with Crippen molar-refractivity contribution in [2.24, 2.45) is 4.99 Å². The van der Waals surface area contributed by atoms with Gasteiger partial charge in [0.05, 0.1) is 6.54 Å². The molecule has 0 fully saturated rings. The second kappa shape index (κ2) is 2.29. The van der Waals surface area contributed by atoms with E-state index in [0.717, 1.165) is 0 Å². The Kier molecular flexibility index (Phi) is 1.85. The molecule has 0 radical (unpaired) electrons. The number of rotatable bonds is 0. The van der Waals surface area contributed by atoms with E-state index in [9.17, 15) is 0 Å². The second-order valence-corrected chi connectivity index (χ2v) is 2.63. The molecule has 0 aromatic carbocycles. The van der Waals surface area contributed by atoms with Crippen LogP contribution in [0.25, 0.3) is 0 Å². The first kappa shape index (κ1) is 6.46. The minimum Gasteiger partial charge on any atom is -0.256 e. The SMILES string of the molecule is ClC1=NC(Cl)CN1Cl. The first-order valence-electron chi connectivity index (χ1n) is 2.01. The van der Waals surface area contributed by atoms with Gasteiger partial charge in [-0.25, -0.2) is 4.99 Å². The average molecular weight is 173 g/mol. The minimum atomic E-state index is -0.278. The second-order valence-electron chi connectivity index (χ2n) is 1.38. The molecule has 0 saturated carbocycles. The summed E-state index contributed by atoms with van der Waals surface area (Å²) >= 11 is 16.4.